The van der Waals surface area contributed by atoms with Crippen LogP contribution < -0.4 is 5.32 Å². The van der Waals surface area contributed by atoms with Gasteiger partial charge in [-0.05, 0) is 31.0 Å². The van der Waals surface area contributed by atoms with Crippen molar-refractivity contribution in [3.05, 3.63) is 53.1 Å². The highest BCUT2D eigenvalue weighted by atomic mass is 19.1. The number of nitrogens with one attached hydrogen (secondary N) is 1. The normalized spacial score (nSPS) is 14.2. The monoisotopic (exact) mass is 277 g/mol. The van der Waals surface area contributed by atoms with Crippen LogP contribution in [0.5, 0.6) is 0 Å². The topological polar surface area (TPSA) is 50.1 Å². The molecule has 0 amide bonds. The van der Waals surface area contributed by atoms with E-state index in [1.807, 2.05) is 7.05 Å². The van der Waals surface area contributed by atoms with E-state index >= 15 is 0 Å². The summed E-state index contributed by atoms with van der Waals surface area (Å²) in [6.45, 7) is 4.46. The lowest BCUT2D eigenvalue weighted by Crippen LogP contribution is -2.34. The SMILES string of the molecule is Cc1cc(CNCC(C)(O)c2cnn(C)c2)ccc1F. The van der Waals surface area contributed by atoms with E-state index in [4.69, 9.17) is 0 Å². The second-order valence-corrected chi connectivity index (χ2v) is 5.36. The zero-order chi connectivity index (χ0) is 14.8. The van der Waals surface area contributed by atoms with E-state index in [0.717, 1.165) is 11.1 Å². The van der Waals surface area contributed by atoms with Crippen molar-refractivity contribution in [1.29, 1.82) is 0 Å². The summed E-state index contributed by atoms with van der Waals surface area (Å²) in [6.07, 6.45) is 3.45. The molecule has 0 saturated heterocycles. The summed E-state index contributed by atoms with van der Waals surface area (Å²) >= 11 is 0. The zero-order valence-corrected chi connectivity index (χ0v) is 12.0. The smallest absolute Gasteiger partial charge is 0.126 e. The summed E-state index contributed by atoms with van der Waals surface area (Å²) in [5.41, 5.74) is 1.40. The van der Waals surface area contributed by atoms with Crippen LogP contribution >= 0.6 is 0 Å². The maximum Gasteiger partial charge on any atom is 0.126 e. The van der Waals surface area contributed by atoms with E-state index in [-0.39, 0.29) is 5.82 Å². The second kappa shape index (κ2) is 5.73. The van der Waals surface area contributed by atoms with Gasteiger partial charge in [0.2, 0.25) is 0 Å². The molecule has 0 saturated carbocycles. The van der Waals surface area contributed by atoms with Crippen molar-refractivity contribution >= 4 is 0 Å². The van der Waals surface area contributed by atoms with Crippen LogP contribution in [0.15, 0.2) is 30.6 Å². The minimum Gasteiger partial charge on any atom is -0.384 e. The summed E-state index contributed by atoms with van der Waals surface area (Å²) in [6, 6.07) is 5.01. The number of aromatic nitrogens is 2. The van der Waals surface area contributed by atoms with Gasteiger partial charge in [0, 0.05) is 31.9 Å². The van der Waals surface area contributed by atoms with E-state index in [1.54, 1.807) is 43.1 Å². The van der Waals surface area contributed by atoms with Gasteiger partial charge in [-0.1, -0.05) is 12.1 Å². The molecule has 20 heavy (non-hydrogen) atoms. The maximum atomic E-state index is 13.2. The molecule has 0 radical (unpaired) electrons. The van der Waals surface area contributed by atoms with Crippen molar-refractivity contribution in [2.24, 2.45) is 7.05 Å². The highest BCUT2D eigenvalue weighted by molar-refractivity contribution is 5.24. The largest absolute Gasteiger partial charge is 0.384 e. The van der Waals surface area contributed by atoms with Crippen LogP contribution in [0.2, 0.25) is 0 Å². The molecule has 2 N–H and O–H groups in total. The van der Waals surface area contributed by atoms with Gasteiger partial charge in [0.1, 0.15) is 11.4 Å². The summed E-state index contributed by atoms with van der Waals surface area (Å²) in [7, 11) is 1.81. The van der Waals surface area contributed by atoms with Crippen LogP contribution in [-0.4, -0.2) is 21.4 Å². The summed E-state index contributed by atoms with van der Waals surface area (Å²) < 4.78 is 14.8. The molecule has 0 fully saturated rings. The van der Waals surface area contributed by atoms with Gasteiger partial charge in [-0.3, -0.25) is 4.68 Å². The van der Waals surface area contributed by atoms with E-state index in [9.17, 15) is 9.50 Å². The zero-order valence-electron chi connectivity index (χ0n) is 12.0. The minimum absolute atomic E-state index is 0.198. The first-order chi connectivity index (χ1) is 9.38. The van der Waals surface area contributed by atoms with Crippen LogP contribution in [0.25, 0.3) is 0 Å². The molecule has 0 aliphatic rings. The molecule has 2 rings (SSSR count). The van der Waals surface area contributed by atoms with Gasteiger partial charge in [-0.15, -0.1) is 0 Å². The molecule has 5 heteroatoms. The van der Waals surface area contributed by atoms with Crippen LogP contribution in [-0.2, 0) is 19.2 Å². The standard InChI is InChI=1S/C15H20FN3O/c1-11-6-12(4-5-14(11)16)7-17-10-15(2,20)13-8-18-19(3)9-13/h4-6,8-9,17,20H,7,10H2,1-3H3. The lowest BCUT2D eigenvalue weighted by molar-refractivity contribution is 0.0566. The lowest BCUT2D eigenvalue weighted by atomic mass is 9.99. The Morgan fingerprint density at radius 3 is 2.80 bits per heavy atom. The predicted molar refractivity (Wildman–Crippen MR) is 75.6 cm³/mol. The molecule has 1 aromatic carbocycles. The maximum absolute atomic E-state index is 13.2. The Hall–Kier alpha value is -1.72. The lowest BCUT2D eigenvalue weighted by Gasteiger charge is -2.22. The Morgan fingerprint density at radius 1 is 1.45 bits per heavy atom. The molecule has 0 aliphatic carbocycles. The molecule has 0 bridgehead atoms. The van der Waals surface area contributed by atoms with Crippen molar-refractivity contribution in [3.8, 4) is 0 Å². The number of hydrogen-bond donors (Lipinski definition) is 2. The summed E-state index contributed by atoms with van der Waals surface area (Å²) in [4.78, 5) is 0. The van der Waals surface area contributed by atoms with Crippen molar-refractivity contribution in [3.63, 3.8) is 0 Å². The number of benzene rings is 1. The van der Waals surface area contributed by atoms with Crippen LogP contribution in [0.3, 0.4) is 0 Å². The first-order valence-electron chi connectivity index (χ1n) is 6.56. The quantitative estimate of drug-likeness (QED) is 0.877. The fourth-order valence-corrected chi connectivity index (χ4v) is 2.07. The van der Waals surface area contributed by atoms with Gasteiger partial charge >= 0.3 is 0 Å². The van der Waals surface area contributed by atoms with Crippen molar-refractivity contribution in [1.82, 2.24) is 15.1 Å². The Morgan fingerprint density at radius 2 is 2.20 bits per heavy atom. The molecule has 108 valence electrons. The third-order valence-corrected chi connectivity index (χ3v) is 3.35. The molecule has 0 aliphatic heterocycles. The molecule has 0 spiro atoms. The highest BCUT2D eigenvalue weighted by Crippen LogP contribution is 2.18. The Balaban J connectivity index is 1.93. The number of rotatable bonds is 5. The van der Waals surface area contributed by atoms with Gasteiger partial charge in [0.15, 0.2) is 0 Å². The molecule has 2 aromatic rings. The molecule has 1 aromatic heterocycles. The van der Waals surface area contributed by atoms with E-state index in [2.05, 4.69) is 10.4 Å². The molecular formula is C15H20FN3O. The number of aliphatic hydroxyl groups is 1. The molecular weight excluding hydrogens is 257 g/mol. The van der Waals surface area contributed by atoms with Gasteiger partial charge in [-0.2, -0.15) is 5.10 Å². The summed E-state index contributed by atoms with van der Waals surface area (Å²) in [5, 5.41) is 17.6. The molecule has 1 atom stereocenters. The fourth-order valence-electron chi connectivity index (χ4n) is 2.07. The second-order valence-electron chi connectivity index (χ2n) is 5.36. The fraction of sp³-hybridized carbons (Fsp3) is 0.400. The van der Waals surface area contributed by atoms with Gasteiger partial charge in [0.05, 0.1) is 6.20 Å². The summed E-state index contributed by atoms with van der Waals surface area (Å²) in [5.74, 6) is -0.198. The van der Waals surface area contributed by atoms with E-state index in [1.165, 1.54) is 6.07 Å². The number of aryl methyl sites for hydroxylation is 2. The molecule has 4 nitrogen and oxygen atoms in total. The van der Waals surface area contributed by atoms with Gasteiger partial charge in [-0.25, -0.2) is 4.39 Å². The van der Waals surface area contributed by atoms with Crippen molar-refractivity contribution < 1.29 is 9.50 Å². The van der Waals surface area contributed by atoms with Gasteiger partial charge in [0.25, 0.3) is 0 Å². The number of hydrogen-bond acceptors (Lipinski definition) is 3. The van der Waals surface area contributed by atoms with E-state index < -0.39 is 5.60 Å². The van der Waals surface area contributed by atoms with Crippen LogP contribution in [0.1, 0.15) is 23.6 Å². The third-order valence-electron chi connectivity index (χ3n) is 3.35. The number of nitrogens with zero attached hydrogens (tertiary/aromatic N) is 2. The molecule has 1 unspecified atom stereocenters. The Bertz CT molecular complexity index is 593. The van der Waals surface area contributed by atoms with Gasteiger partial charge < -0.3 is 10.4 Å². The van der Waals surface area contributed by atoms with Crippen LogP contribution in [0.4, 0.5) is 4.39 Å². The predicted octanol–water partition coefficient (Wildman–Crippen LogP) is 1.86. The highest BCUT2D eigenvalue weighted by Gasteiger charge is 2.24. The first kappa shape index (κ1) is 14.7. The molecule has 1 heterocycles. The van der Waals surface area contributed by atoms with E-state index in [0.29, 0.717) is 18.7 Å². The average Bonchev–Trinajstić information content (AvgIpc) is 2.81. The minimum atomic E-state index is -0.983. The Kier molecular flexibility index (Phi) is 4.20. The van der Waals surface area contributed by atoms with Crippen LogP contribution in [0, 0.1) is 12.7 Å². The first-order valence-corrected chi connectivity index (χ1v) is 6.56. The Labute approximate surface area is 118 Å². The van der Waals surface area contributed by atoms with Crippen molar-refractivity contribution in [2.75, 3.05) is 6.54 Å². The third kappa shape index (κ3) is 3.43. The van der Waals surface area contributed by atoms with Crippen molar-refractivity contribution in [2.45, 2.75) is 26.0 Å². The average molecular weight is 277 g/mol. The number of halogens is 1.